The largest absolute Gasteiger partial charge is 0.299 e. The van der Waals surface area contributed by atoms with Crippen molar-refractivity contribution >= 4 is 5.78 Å². The molecule has 0 saturated heterocycles. The summed E-state index contributed by atoms with van der Waals surface area (Å²) < 4.78 is 12.5. The van der Waals surface area contributed by atoms with Gasteiger partial charge in [0.15, 0.2) is 0 Å². The van der Waals surface area contributed by atoms with Gasteiger partial charge in [0.25, 0.3) is 0 Å². The van der Waals surface area contributed by atoms with Crippen molar-refractivity contribution in [3.8, 4) is 0 Å². The van der Waals surface area contributed by atoms with E-state index in [1.54, 1.807) is 13.0 Å². The van der Waals surface area contributed by atoms with Crippen LogP contribution in [0.2, 0.25) is 0 Å². The van der Waals surface area contributed by atoms with Crippen molar-refractivity contribution in [1.29, 1.82) is 0 Å². The molecule has 0 heterocycles. The minimum Gasteiger partial charge on any atom is -0.299 e. The van der Waals surface area contributed by atoms with Crippen molar-refractivity contribution in [2.45, 2.75) is 129 Å². The molecule has 186 valence electrons. The Balaban J connectivity index is -0.000000163. The summed E-state index contributed by atoms with van der Waals surface area (Å²) in [6, 6.07) is 5.09. The molecule has 0 radical (unpaired) electrons. The smallest absolute Gasteiger partial charge is 0.140 e. The highest BCUT2D eigenvalue weighted by atomic mass is 19.1. The third-order valence-corrected chi connectivity index (χ3v) is 4.68. The lowest BCUT2D eigenvalue weighted by Crippen LogP contribution is -2.26. The molecule has 0 bridgehead atoms. The molecule has 1 aromatic carbocycles. The number of hydrogen-bond donors (Lipinski definition) is 0. The molecule has 0 aliphatic rings. The lowest BCUT2D eigenvalue weighted by atomic mass is 9.83. The van der Waals surface area contributed by atoms with Crippen molar-refractivity contribution in [1.82, 2.24) is 0 Å². The van der Waals surface area contributed by atoms with E-state index in [1.807, 2.05) is 75.3 Å². The molecule has 0 N–H and O–H groups in total. The molecule has 1 atom stereocenters. The quantitative estimate of drug-likeness (QED) is 0.430. The predicted molar refractivity (Wildman–Crippen MR) is 141 cm³/mol. The molecule has 2 heteroatoms. The van der Waals surface area contributed by atoms with Gasteiger partial charge in [0, 0.05) is 11.3 Å². The first-order valence-electron chi connectivity index (χ1n) is 12.7. The van der Waals surface area contributed by atoms with Gasteiger partial charge in [0.2, 0.25) is 0 Å². The van der Waals surface area contributed by atoms with Gasteiger partial charge in [-0.3, -0.25) is 4.79 Å². The highest BCUT2D eigenvalue weighted by Crippen LogP contribution is 2.21. The van der Waals surface area contributed by atoms with E-state index in [0.717, 1.165) is 23.5 Å². The van der Waals surface area contributed by atoms with Crippen LogP contribution in [0.3, 0.4) is 0 Å². The standard InChI is InChI=1S/C9H18O.C8H9F.C8H18.2C2H6/c1-6-7(2)8(10)9(3,4)5;1-6-3-4-8(9)7(2)5-6;1-4-6-8(3)7-5-2;2*1-2/h7H,6H2,1-5H3;3-5H,1-2H3;8H,4-7H2,1-3H3;2*1-2H3. The summed E-state index contributed by atoms with van der Waals surface area (Å²) in [5, 5.41) is 0. The summed E-state index contributed by atoms with van der Waals surface area (Å²) in [6.07, 6.45) is 6.47. The van der Waals surface area contributed by atoms with Gasteiger partial charge in [-0.05, 0) is 37.8 Å². The molecule has 0 amide bonds. The number of rotatable bonds is 6. The number of benzene rings is 1. The van der Waals surface area contributed by atoms with Gasteiger partial charge >= 0.3 is 0 Å². The Bertz CT molecular complexity index is 508. The van der Waals surface area contributed by atoms with E-state index in [1.165, 1.54) is 31.7 Å². The first-order valence-corrected chi connectivity index (χ1v) is 12.7. The zero-order chi connectivity index (χ0) is 25.6. The lowest BCUT2D eigenvalue weighted by Gasteiger charge is -2.20. The van der Waals surface area contributed by atoms with Crippen LogP contribution in [0, 0.1) is 36.9 Å². The molecule has 31 heavy (non-hydrogen) atoms. The maximum absolute atomic E-state index is 12.5. The Morgan fingerprint density at radius 1 is 0.903 bits per heavy atom. The molecule has 1 rings (SSSR count). The van der Waals surface area contributed by atoms with Crippen molar-refractivity contribution < 1.29 is 9.18 Å². The molecule has 0 spiro atoms. The van der Waals surface area contributed by atoms with Crippen LogP contribution in [-0.2, 0) is 4.79 Å². The highest BCUT2D eigenvalue weighted by Gasteiger charge is 2.24. The third kappa shape index (κ3) is 23.3. The monoisotopic (exact) mass is 440 g/mol. The molecular weight excluding hydrogens is 383 g/mol. The molecule has 0 aliphatic heterocycles. The van der Waals surface area contributed by atoms with Crippen LogP contribution in [0.5, 0.6) is 0 Å². The maximum Gasteiger partial charge on any atom is 0.140 e. The zero-order valence-electron chi connectivity index (χ0n) is 23.7. The fraction of sp³-hybridized carbons (Fsp3) is 0.759. The van der Waals surface area contributed by atoms with E-state index in [9.17, 15) is 9.18 Å². The van der Waals surface area contributed by atoms with Gasteiger partial charge in [-0.2, -0.15) is 0 Å². The fourth-order valence-corrected chi connectivity index (χ4v) is 2.85. The van der Waals surface area contributed by atoms with Gasteiger partial charge < -0.3 is 0 Å². The van der Waals surface area contributed by atoms with Crippen LogP contribution >= 0.6 is 0 Å². The van der Waals surface area contributed by atoms with E-state index in [0.29, 0.717) is 5.78 Å². The number of Topliss-reactive ketones (excluding diaryl/α,β-unsaturated/α-hetero) is 1. The molecular formula is C29H57FO. The van der Waals surface area contributed by atoms with Gasteiger partial charge in [0.1, 0.15) is 11.6 Å². The SMILES string of the molecule is CC.CC.CCC(C)C(=O)C(C)(C)C.CCCC(C)CCC.Cc1ccc(F)c(C)c1. The van der Waals surface area contributed by atoms with Crippen LogP contribution in [-0.4, -0.2) is 5.78 Å². The normalized spacial score (nSPS) is 10.7. The maximum atomic E-state index is 12.5. The molecule has 1 aromatic rings. The number of ketones is 1. The average molecular weight is 441 g/mol. The van der Waals surface area contributed by atoms with Crippen molar-refractivity contribution in [3.05, 3.63) is 35.1 Å². The summed E-state index contributed by atoms with van der Waals surface area (Å²) in [7, 11) is 0. The Labute approximate surface area is 196 Å². The van der Waals surface area contributed by atoms with E-state index in [-0.39, 0.29) is 17.2 Å². The number of carbonyl (C=O) groups excluding carboxylic acids is 1. The van der Waals surface area contributed by atoms with E-state index < -0.39 is 0 Å². The fourth-order valence-electron chi connectivity index (χ4n) is 2.85. The van der Waals surface area contributed by atoms with Crippen LogP contribution in [0.15, 0.2) is 18.2 Å². The summed E-state index contributed by atoms with van der Waals surface area (Å²) in [5.41, 5.74) is 1.67. The number of carbonyl (C=O) groups is 1. The van der Waals surface area contributed by atoms with Crippen LogP contribution in [0.1, 0.15) is 126 Å². The van der Waals surface area contributed by atoms with Crippen LogP contribution in [0.4, 0.5) is 4.39 Å². The minimum atomic E-state index is -0.157. The third-order valence-electron chi connectivity index (χ3n) is 4.68. The number of hydrogen-bond acceptors (Lipinski definition) is 1. The second-order valence-corrected chi connectivity index (χ2v) is 8.86. The first kappa shape index (κ1) is 37.2. The Morgan fingerprint density at radius 2 is 1.32 bits per heavy atom. The Hall–Kier alpha value is -1.18. The average Bonchev–Trinajstić information content (AvgIpc) is 2.73. The van der Waals surface area contributed by atoms with Gasteiger partial charge in [0.05, 0.1) is 0 Å². The van der Waals surface area contributed by atoms with Crippen LogP contribution in [0.25, 0.3) is 0 Å². The molecule has 0 aromatic heterocycles. The Kier molecular flexibility index (Phi) is 28.1. The topological polar surface area (TPSA) is 17.1 Å². The van der Waals surface area contributed by atoms with Gasteiger partial charge in [-0.1, -0.05) is 126 Å². The summed E-state index contributed by atoms with van der Waals surface area (Å²) in [6.45, 7) is 28.5. The van der Waals surface area contributed by atoms with Gasteiger partial charge in [-0.15, -0.1) is 0 Å². The highest BCUT2D eigenvalue weighted by molar-refractivity contribution is 5.85. The van der Waals surface area contributed by atoms with Crippen molar-refractivity contribution in [2.24, 2.45) is 17.3 Å². The van der Waals surface area contributed by atoms with Crippen LogP contribution < -0.4 is 0 Å². The second-order valence-electron chi connectivity index (χ2n) is 8.86. The van der Waals surface area contributed by atoms with E-state index >= 15 is 0 Å². The minimum absolute atomic E-state index is 0.124. The molecule has 0 fully saturated rings. The Morgan fingerprint density at radius 3 is 1.55 bits per heavy atom. The lowest BCUT2D eigenvalue weighted by molar-refractivity contribution is -0.129. The predicted octanol–water partition coefficient (Wildman–Crippen LogP) is 10.4. The van der Waals surface area contributed by atoms with E-state index in [4.69, 9.17) is 0 Å². The molecule has 0 saturated carbocycles. The van der Waals surface area contributed by atoms with E-state index in [2.05, 4.69) is 20.8 Å². The van der Waals surface area contributed by atoms with Crippen molar-refractivity contribution in [2.75, 3.05) is 0 Å². The summed E-state index contributed by atoms with van der Waals surface area (Å²) >= 11 is 0. The number of halogens is 1. The zero-order valence-corrected chi connectivity index (χ0v) is 23.7. The summed E-state index contributed by atoms with van der Waals surface area (Å²) in [5.74, 6) is 1.43. The molecule has 1 unspecified atom stereocenters. The molecule has 1 nitrogen and oxygen atoms in total. The first-order chi connectivity index (χ1) is 14.4. The second kappa shape index (κ2) is 23.5. The van der Waals surface area contributed by atoms with Crippen molar-refractivity contribution in [3.63, 3.8) is 0 Å². The number of aryl methyl sites for hydroxylation is 2. The molecule has 0 aliphatic carbocycles. The summed E-state index contributed by atoms with van der Waals surface area (Å²) in [4.78, 5) is 11.4. The van der Waals surface area contributed by atoms with Gasteiger partial charge in [-0.25, -0.2) is 4.39 Å².